The second-order valence-electron chi connectivity index (χ2n) is 12.4. The maximum Gasteiger partial charge on any atom is 0.164 e. The summed E-state index contributed by atoms with van der Waals surface area (Å²) in [5.41, 5.74) is 10.5. The molecular formula is C45H27N3O2. The van der Waals surface area contributed by atoms with Crippen molar-refractivity contribution in [2.75, 3.05) is 0 Å². The van der Waals surface area contributed by atoms with Crippen LogP contribution in [0.3, 0.4) is 0 Å². The largest absolute Gasteiger partial charge is 0.456 e. The lowest BCUT2D eigenvalue weighted by atomic mass is 9.95. The van der Waals surface area contributed by atoms with E-state index in [9.17, 15) is 0 Å². The first kappa shape index (κ1) is 28.2. The normalized spacial score (nSPS) is 11.6. The van der Waals surface area contributed by atoms with Gasteiger partial charge in [-0.15, -0.1) is 0 Å². The van der Waals surface area contributed by atoms with Gasteiger partial charge in [0.05, 0.1) is 0 Å². The first-order valence-corrected chi connectivity index (χ1v) is 16.6. The number of benzene rings is 7. The van der Waals surface area contributed by atoms with Gasteiger partial charge in [-0.2, -0.15) is 0 Å². The number of hydrogen-bond acceptors (Lipinski definition) is 5. The third-order valence-corrected chi connectivity index (χ3v) is 9.37. The van der Waals surface area contributed by atoms with Crippen molar-refractivity contribution in [2.24, 2.45) is 0 Å². The minimum Gasteiger partial charge on any atom is -0.456 e. The van der Waals surface area contributed by atoms with Gasteiger partial charge in [0.1, 0.15) is 22.3 Å². The Hall–Kier alpha value is -6.85. The summed E-state index contributed by atoms with van der Waals surface area (Å²) in [7, 11) is 0. The Labute approximate surface area is 287 Å². The van der Waals surface area contributed by atoms with Crippen LogP contribution in [0.4, 0.5) is 0 Å². The zero-order chi connectivity index (χ0) is 33.0. The average Bonchev–Trinajstić information content (AvgIpc) is 3.77. The average molecular weight is 642 g/mol. The van der Waals surface area contributed by atoms with Crippen molar-refractivity contribution >= 4 is 43.9 Å². The van der Waals surface area contributed by atoms with E-state index in [4.69, 9.17) is 23.8 Å². The van der Waals surface area contributed by atoms with Gasteiger partial charge >= 0.3 is 0 Å². The van der Waals surface area contributed by atoms with Gasteiger partial charge in [0.2, 0.25) is 0 Å². The molecule has 0 N–H and O–H groups in total. The predicted octanol–water partition coefficient (Wildman–Crippen LogP) is 12.0. The van der Waals surface area contributed by atoms with E-state index in [-0.39, 0.29) is 0 Å². The summed E-state index contributed by atoms with van der Waals surface area (Å²) >= 11 is 0. The van der Waals surface area contributed by atoms with Gasteiger partial charge in [0, 0.05) is 38.2 Å². The van der Waals surface area contributed by atoms with Crippen molar-refractivity contribution in [3.05, 3.63) is 164 Å². The van der Waals surface area contributed by atoms with E-state index in [1.165, 1.54) is 0 Å². The van der Waals surface area contributed by atoms with E-state index in [0.717, 1.165) is 82.8 Å². The molecule has 234 valence electrons. The van der Waals surface area contributed by atoms with E-state index < -0.39 is 0 Å². The summed E-state index contributed by atoms with van der Waals surface area (Å²) in [6, 6.07) is 55.7. The Morgan fingerprint density at radius 2 is 0.740 bits per heavy atom. The van der Waals surface area contributed by atoms with E-state index in [2.05, 4.69) is 97.1 Å². The van der Waals surface area contributed by atoms with Crippen molar-refractivity contribution in [2.45, 2.75) is 0 Å². The second kappa shape index (κ2) is 11.4. The highest BCUT2D eigenvalue weighted by molar-refractivity contribution is 6.19. The second-order valence-corrected chi connectivity index (χ2v) is 12.4. The van der Waals surface area contributed by atoms with Crippen molar-refractivity contribution in [3.8, 4) is 56.4 Å². The molecular weight excluding hydrogens is 615 g/mol. The molecule has 0 unspecified atom stereocenters. The van der Waals surface area contributed by atoms with Crippen molar-refractivity contribution < 1.29 is 8.83 Å². The van der Waals surface area contributed by atoms with E-state index in [0.29, 0.717) is 17.5 Å². The smallest absolute Gasteiger partial charge is 0.164 e. The third kappa shape index (κ3) is 4.67. The maximum atomic E-state index is 6.55. The zero-order valence-electron chi connectivity index (χ0n) is 26.7. The highest BCUT2D eigenvalue weighted by Crippen LogP contribution is 2.42. The molecule has 5 nitrogen and oxygen atoms in total. The molecule has 5 heteroatoms. The molecule has 0 bridgehead atoms. The Balaban J connectivity index is 1.12. The summed E-state index contributed by atoms with van der Waals surface area (Å²) in [6.45, 7) is 0. The van der Waals surface area contributed by atoms with E-state index in [1.807, 2.05) is 66.7 Å². The molecule has 0 aliphatic carbocycles. The van der Waals surface area contributed by atoms with Gasteiger partial charge in [-0.3, -0.25) is 0 Å². The monoisotopic (exact) mass is 641 g/mol. The first-order chi connectivity index (χ1) is 24.8. The molecule has 3 heterocycles. The molecule has 0 atom stereocenters. The topological polar surface area (TPSA) is 65.0 Å². The van der Waals surface area contributed by atoms with Gasteiger partial charge in [0.15, 0.2) is 17.5 Å². The molecule has 0 aliphatic rings. The Kier molecular flexibility index (Phi) is 6.42. The quantitative estimate of drug-likeness (QED) is 0.187. The number of aromatic nitrogens is 3. The van der Waals surface area contributed by atoms with Gasteiger partial charge in [0.25, 0.3) is 0 Å². The lowest BCUT2D eigenvalue weighted by molar-refractivity contribution is 0.668. The molecule has 10 rings (SSSR count). The van der Waals surface area contributed by atoms with Gasteiger partial charge in [-0.05, 0) is 52.6 Å². The van der Waals surface area contributed by atoms with Crippen LogP contribution in [0.2, 0.25) is 0 Å². The fourth-order valence-electron chi connectivity index (χ4n) is 6.98. The summed E-state index contributed by atoms with van der Waals surface area (Å²) in [5, 5.41) is 4.29. The summed E-state index contributed by atoms with van der Waals surface area (Å²) < 4.78 is 12.8. The molecule has 0 saturated carbocycles. The molecule has 3 aromatic heterocycles. The summed E-state index contributed by atoms with van der Waals surface area (Å²) in [4.78, 5) is 14.9. The number of para-hydroxylation sites is 1. The Morgan fingerprint density at radius 1 is 0.300 bits per heavy atom. The molecule has 0 amide bonds. The van der Waals surface area contributed by atoms with Crippen LogP contribution in [0, 0.1) is 0 Å². The molecule has 0 saturated heterocycles. The molecule has 10 aromatic rings. The van der Waals surface area contributed by atoms with Crippen LogP contribution in [-0.4, -0.2) is 15.0 Å². The first-order valence-electron chi connectivity index (χ1n) is 16.6. The molecule has 0 aliphatic heterocycles. The Morgan fingerprint density at radius 3 is 1.40 bits per heavy atom. The zero-order valence-corrected chi connectivity index (χ0v) is 26.7. The van der Waals surface area contributed by atoms with E-state index >= 15 is 0 Å². The highest BCUT2D eigenvalue weighted by atomic mass is 16.3. The van der Waals surface area contributed by atoms with Crippen LogP contribution >= 0.6 is 0 Å². The predicted molar refractivity (Wildman–Crippen MR) is 202 cm³/mol. The molecule has 0 radical (unpaired) electrons. The minimum absolute atomic E-state index is 0.582. The third-order valence-electron chi connectivity index (χ3n) is 9.37. The number of hydrogen-bond donors (Lipinski definition) is 0. The van der Waals surface area contributed by atoms with Gasteiger partial charge < -0.3 is 8.83 Å². The summed E-state index contributed by atoms with van der Waals surface area (Å²) in [6.07, 6.45) is 0. The van der Waals surface area contributed by atoms with Crippen LogP contribution < -0.4 is 0 Å². The number of rotatable bonds is 5. The molecule has 50 heavy (non-hydrogen) atoms. The van der Waals surface area contributed by atoms with Gasteiger partial charge in [-0.25, -0.2) is 15.0 Å². The van der Waals surface area contributed by atoms with Crippen LogP contribution in [0.5, 0.6) is 0 Å². The van der Waals surface area contributed by atoms with Gasteiger partial charge in [-0.1, -0.05) is 133 Å². The molecule has 7 aromatic carbocycles. The molecule has 0 fully saturated rings. The van der Waals surface area contributed by atoms with Crippen LogP contribution in [0.1, 0.15) is 0 Å². The number of furan rings is 2. The lowest BCUT2D eigenvalue weighted by Crippen LogP contribution is -2.00. The fourth-order valence-corrected chi connectivity index (χ4v) is 6.98. The van der Waals surface area contributed by atoms with Crippen molar-refractivity contribution in [1.82, 2.24) is 15.0 Å². The van der Waals surface area contributed by atoms with Crippen LogP contribution in [0.15, 0.2) is 173 Å². The summed E-state index contributed by atoms with van der Waals surface area (Å²) in [5.74, 6) is 1.81. The van der Waals surface area contributed by atoms with Crippen molar-refractivity contribution in [1.29, 1.82) is 0 Å². The number of nitrogens with zero attached hydrogens (tertiary/aromatic N) is 3. The highest BCUT2D eigenvalue weighted by Gasteiger charge is 2.19. The molecule has 0 spiro atoms. The van der Waals surface area contributed by atoms with E-state index in [1.54, 1.807) is 0 Å². The van der Waals surface area contributed by atoms with Crippen LogP contribution in [-0.2, 0) is 0 Å². The maximum absolute atomic E-state index is 6.55. The lowest BCUT2D eigenvalue weighted by Gasteiger charge is -2.09. The minimum atomic E-state index is 0.582. The SMILES string of the molecule is c1ccc(-c2ccc(-c3nc(-c4ccccc4)nc(-c4ccc5c(c4)oc4cccc(-c6cccc7oc8ccccc8c67)c45)n3)cc2)cc1. The fraction of sp³-hybridized carbons (Fsp3) is 0. The number of fused-ring (bicyclic) bond motifs is 6. The standard InChI is InChI=1S/C45H27N3O2/c1-3-11-28(12-4-1)29-21-23-31(24-22-29)44-46-43(30-13-5-2-6-14-30)47-45(48-44)32-25-26-36-40(27-32)50-39-20-10-17-34(42(36)39)33-16-9-19-38-41(33)35-15-7-8-18-37(35)49-38/h1-27H. The Bertz CT molecular complexity index is 2850. The van der Waals surface area contributed by atoms with Crippen molar-refractivity contribution in [3.63, 3.8) is 0 Å². The van der Waals surface area contributed by atoms with Crippen LogP contribution in [0.25, 0.3) is 100 Å².